The lowest BCUT2D eigenvalue weighted by atomic mass is 10.2. The molecule has 0 bridgehead atoms. The maximum Gasteiger partial charge on any atom is 0.266 e. The van der Waals surface area contributed by atoms with E-state index >= 15 is 0 Å². The third kappa shape index (κ3) is 12.9. The second-order valence-corrected chi connectivity index (χ2v) is 14.4. The van der Waals surface area contributed by atoms with Gasteiger partial charge in [0.25, 0.3) is 11.8 Å². The third-order valence-corrected chi connectivity index (χ3v) is 10.1. The number of para-hydroxylation sites is 4. The van der Waals surface area contributed by atoms with Gasteiger partial charge in [0.05, 0.1) is 27.3 Å². The van der Waals surface area contributed by atoms with Crippen molar-refractivity contribution >= 4 is 70.0 Å². The van der Waals surface area contributed by atoms with Crippen molar-refractivity contribution in [3.05, 3.63) is 121 Å². The maximum atomic E-state index is 14.4. The van der Waals surface area contributed by atoms with E-state index in [2.05, 4.69) is 11.8 Å². The van der Waals surface area contributed by atoms with Crippen molar-refractivity contribution in [2.24, 2.45) is 0 Å². The van der Waals surface area contributed by atoms with Gasteiger partial charge in [0.15, 0.2) is 0 Å². The van der Waals surface area contributed by atoms with Crippen molar-refractivity contribution in [1.29, 1.82) is 0 Å². The molecule has 1 fully saturated rings. The van der Waals surface area contributed by atoms with Crippen LogP contribution in [0, 0.1) is 24.7 Å². The molecule has 18 nitrogen and oxygen atoms in total. The van der Waals surface area contributed by atoms with E-state index < -0.39 is 99.6 Å². The minimum Gasteiger partial charge on any atom is -0.321 e. The quantitative estimate of drug-likeness (QED) is 0.237. The van der Waals surface area contributed by atoms with E-state index in [0.717, 1.165) is 43.6 Å². The molecule has 0 radical (unpaired) electrons. The number of anilines is 4. The maximum absolute atomic E-state index is 14.4. The number of terminal acetylenes is 2. The van der Waals surface area contributed by atoms with Crippen molar-refractivity contribution < 1.29 is 48.0 Å². The van der Waals surface area contributed by atoms with Gasteiger partial charge in [-0.3, -0.25) is 48.0 Å². The van der Waals surface area contributed by atoms with Crippen molar-refractivity contribution in [2.75, 3.05) is 99.3 Å². The zero-order valence-electron chi connectivity index (χ0n) is 36.4. The van der Waals surface area contributed by atoms with E-state index in [9.17, 15) is 38.4 Å². The van der Waals surface area contributed by atoms with Crippen LogP contribution in [0.4, 0.5) is 22.7 Å². The summed E-state index contributed by atoms with van der Waals surface area (Å²) in [6.07, 6.45) is 11.3. The van der Waals surface area contributed by atoms with E-state index in [1.54, 1.807) is 121 Å². The van der Waals surface area contributed by atoms with Gasteiger partial charge in [-0.1, -0.05) is 84.6 Å². The topological polar surface area (TPSA) is 181 Å². The van der Waals surface area contributed by atoms with Crippen molar-refractivity contribution in [1.82, 2.24) is 19.9 Å². The van der Waals surface area contributed by atoms with Crippen LogP contribution in [0.25, 0.3) is 0 Å². The van der Waals surface area contributed by atoms with Gasteiger partial charge in [-0.15, -0.1) is 12.8 Å². The van der Waals surface area contributed by atoms with Gasteiger partial charge in [0.2, 0.25) is 35.4 Å². The van der Waals surface area contributed by atoms with Gasteiger partial charge in [-0.25, -0.2) is 10.1 Å². The molecule has 0 spiro atoms. The van der Waals surface area contributed by atoms with Crippen LogP contribution in [0.3, 0.4) is 0 Å². The first-order valence-corrected chi connectivity index (χ1v) is 20.4. The first-order chi connectivity index (χ1) is 31.9. The van der Waals surface area contributed by atoms with Gasteiger partial charge in [0.1, 0.15) is 52.4 Å². The molecule has 66 heavy (non-hydrogen) atoms. The Morgan fingerprint density at radius 3 is 0.848 bits per heavy atom. The molecule has 1 aliphatic heterocycles. The van der Waals surface area contributed by atoms with E-state index in [1.807, 2.05) is 0 Å². The molecule has 4 aromatic carbocycles. The second-order valence-electron chi connectivity index (χ2n) is 14.4. The summed E-state index contributed by atoms with van der Waals surface area (Å²) in [5.74, 6) is -1.64. The van der Waals surface area contributed by atoms with Crippen molar-refractivity contribution in [3.8, 4) is 24.7 Å². The summed E-state index contributed by atoms with van der Waals surface area (Å²) in [6, 6.07) is 32.4. The minimum atomic E-state index is -0.871. The van der Waals surface area contributed by atoms with E-state index in [-0.39, 0.29) is 35.8 Å². The predicted molar refractivity (Wildman–Crippen MR) is 243 cm³/mol. The summed E-state index contributed by atoms with van der Waals surface area (Å²) in [6.45, 7) is -6.25. The van der Waals surface area contributed by atoms with Crippen molar-refractivity contribution in [2.45, 2.75) is 0 Å². The molecular weight excluding hydrogens is 849 g/mol. The highest BCUT2D eigenvalue weighted by atomic mass is 16.7. The number of benzene rings is 4. The average molecular weight is 897 g/mol. The number of amides is 8. The fraction of sp³-hybridized carbons (Fsp3) is 0.250. The predicted octanol–water partition coefficient (Wildman–Crippen LogP) is 1.84. The lowest BCUT2D eigenvalue weighted by molar-refractivity contribution is -0.179. The Balaban J connectivity index is 1.60. The van der Waals surface area contributed by atoms with E-state index in [1.165, 1.54) is 0 Å². The molecule has 8 amide bonds. The Kier molecular flexibility index (Phi) is 17.7. The Morgan fingerprint density at radius 2 is 0.606 bits per heavy atom. The molecule has 0 unspecified atom stereocenters. The average Bonchev–Trinajstić information content (AvgIpc) is 3.34. The number of carbonyl (C=O) groups excluding carboxylic acids is 8. The van der Waals surface area contributed by atoms with Gasteiger partial charge < -0.3 is 29.4 Å². The number of hydrogen-bond donors (Lipinski definition) is 0. The van der Waals surface area contributed by atoms with Crippen LogP contribution in [-0.4, -0.2) is 147 Å². The number of rotatable bonds is 8. The second kappa shape index (κ2) is 23.9. The highest BCUT2D eigenvalue weighted by molar-refractivity contribution is 6.08. The smallest absolute Gasteiger partial charge is 0.266 e. The zero-order valence-corrected chi connectivity index (χ0v) is 36.4. The van der Waals surface area contributed by atoms with Crippen LogP contribution < -0.4 is 19.6 Å². The number of hydroxylamine groups is 4. The Bertz CT molecular complexity index is 2270. The normalized spacial score (nSPS) is 16.4. The Labute approximate surface area is 382 Å². The molecule has 0 aromatic heterocycles. The Hall–Kier alpha value is -8.32. The molecular formula is C48H48N8O10. The molecule has 4 aromatic rings. The zero-order chi connectivity index (χ0) is 47.6. The first-order valence-electron chi connectivity index (χ1n) is 20.4. The van der Waals surface area contributed by atoms with E-state index in [0.29, 0.717) is 10.1 Å². The third-order valence-electron chi connectivity index (χ3n) is 10.1. The summed E-state index contributed by atoms with van der Waals surface area (Å²) in [5, 5.41) is 1.41. The summed E-state index contributed by atoms with van der Waals surface area (Å²) in [5.41, 5.74) is 1.05. The van der Waals surface area contributed by atoms with Crippen LogP contribution >= 0.6 is 0 Å². The van der Waals surface area contributed by atoms with Gasteiger partial charge in [-0.2, -0.15) is 0 Å². The molecule has 1 saturated heterocycles. The summed E-state index contributed by atoms with van der Waals surface area (Å²) in [7, 11) is 2.28. The molecule has 1 aliphatic rings. The monoisotopic (exact) mass is 896 g/mol. The minimum absolute atomic E-state index is 0.259. The molecule has 5 rings (SSSR count). The standard InChI is InChI=1S/C48H48N8O10/c1-5-27-49-29-47(63)55(65-3)35-45(61)54(40-25-17-10-18-26-40)34-44(60)52(38-21-13-8-14-22-38)32-42(58)50(28-6-2)30-48(64)56(66-4)36-46(62)53(39-23-15-9-16-24-39)33-43(59)51(31-41(49)57)37-19-11-7-12-20-37/h1-2,7-26H,27-36H2,3-4H3. The summed E-state index contributed by atoms with van der Waals surface area (Å²) >= 11 is 0. The molecule has 0 atom stereocenters. The van der Waals surface area contributed by atoms with Crippen LogP contribution in [0.1, 0.15) is 0 Å². The lowest BCUT2D eigenvalue weighted by Crippen LogP contribution is -2.53. The van der Waals surface area contributed by atoms with Gasteiger partial charge >= 0.3 is 0 Å². The molecule has 0 saturated carbocycles. The molecule has 1 heterocycles. The molecule has 0 N–H and O–H groups in total. The van der Waals surface area contributed by atoms with Gasteiger partial charge in [-0.05, 0) is 48.5 Å². The van der Waals surface area contributed by atoms with Crippen LogP contribution in [0.15, 0.2) is 121 Å². The molecule has 18 heteroatoms. The highest BCUT2D eigenvalue weighted by Gasteiger charge is 2.33. The molecule has 340 valence electrons. The largest absolute Gasteiger partial charge is 0.321 e. The van der Waals surface area contributed by atoms with Crippen LogP contribution in [-0.2, 0) is 48.0 Å². The SMILES string of the molecule is C#CCN1CC(=O)N(OC)CC(=O)N(c2ccccc2)CC(=O)N(c2ccccc2)CC(=O)N(CC#C)CC(=O)N(OC)CC(=O)N(c2ccccc2)CC(=O)N(c2ccccc2)CC1=O. The lowest BCUT2D eigenvalue weighted by Gasteiger charge is -2.32. The van der Waals surface area contributed by atoms with Crippen LogP contribution in [0.5, 0.6) is 0 Å². The Morgan fingerprint density at radius 1 is 0.364 bits per heavy atom. The van der Waals surface area contributed by atoms with Crippen molar-refractivity contribution in [3.63, 3.8) is 0 Å². The fourth-order valence-corrected chi connectivity index (χ4v) is 6.73. The van der Waals surface area contributed by atoms with Crippen LogP contribution in [0.2, 0.25) is 0 Å². The van der Waals surface area contributed by atoms with Gasteiger partial charge in [0, 0.05) is 22.7 Å². The number of nitrogens with zero attached hydrogens (tertiary/aromatic N) is 8. The summed E-state index contributed by atoms with van der Waals surface area (Å²) in [4.78, 5) is 130. The number of carbonyl (C=O) groups is 8. The number of hydrogen-bond acceptors (Lipinski definition) is 10. The highest BCUT2D eigenvalue weighted by Crippen LogP contribution is 2.21. The fourth-order valence-electron chi connectivity index (χ4n) is 6.73. The first kappa shape index (κ1) is 48.7. The summed E-state index contributed by atoms with van der Waals surface area (Å²) < 4.78 is 0. The molecule has 0 aliphatic carbocycles. The van der Waals surface area contributed by atoms with E-state index in [4.69, 9.17) is 22.5 Å².